The molecule has 0 saturated carbocycles. The Morgan fingerprint density at radius 3 is 2.52 bits per heavy atom. The highest BCUT2D eigenvalue weighted by Gasteiger charge is 2.13. The van der Waals surface area contributed by atoms with Gasteiger partial charge in [0, 0.05) is 16.8 Å². The first-order valence-electron chi connectivity index (χ1n) is 9.30. The summed E-state index contributed by atoms with van der Waals surface area (Å²) in [5.41, 5.74) is 7.05. The number of aromatic nitrogens is 6. The van der Waals surface area contributed by atoms with E-state index in [1.165, 1.54) is 20.7 Å². The van der Waals surface area contributed by atoms with E-state index in [0.717, 1.165) is 33.9 Å². The van der Waals surface area contributed by atoms with Crippen LogP contribution in [0, 0.1) is 27.7 Å². The van der Waals surface area contributed by atoms with Crippen molar-refractivity contribution in [3.05, 3.63) is 81.0 Å². The third-order valence-electron chi connectivity index (χ3n) is 5.03. The van der Waals surface area contributed by atoms with Gasteiger partial charge in [-0.15, -0.1) is 11.8 Å². The Hall–Kier alpha value is -3.13. The standard InChI is InChI=1S/C21H22N6OS/c1-13-6-5-7-19(27-21(28)22-24-25-27)18(13)12-29-20-9-8-17(10-14(20)2)26-11-15(3)16(4)23-26/h5-11H,12H2,1-4H3,(H,22,25,28). The molecule has 2 aromatic carbocycles. The van der Waals surface area contributed by atoms with Crippen LogP contribution in [0.2, 0.25) is 0 Å². The molecule has 4 aromatic rings. The highest BCUT2D eigenvalue weighted by molar-refractivity contribution is 7.98. The topological polar surface area (TPSA) is 81.4 Å². The summed E-state index contributed by atoms with van der Waals surface area (Å²) in [5, 5.41) is 14.4. The SMILES string of the molecule is Cc1cc(-n2cc(C)c(C)n2)ccc1SCc1c(C)cccc1-n1nn[nH]c1=O. The summed E-state index contributed by atoms with van der Waals surface area (Å²) < 4.78 is 3.23. The number of nitrogens with zero attached hydrogens (tertiary/aromatic N) is 5. The summed E-state index contributed by atoms with van der Waals surface area (Å²) in [5.74, 6) is 0.724. The zero-order chi connectivity index (χ0) is 20.5. The van der Waals surface area contributed by atoms with Crippen molar-refractivity contribution in [1.29, 1.82) is 0 Å². The number of H-pyrrole nitrogens is 1. The summed E-state index contributed by atoms with van der Waals surface area (Å²) in [6, 6.07) is 12.2. The second kappa shape index (κ2) is 7.71. The number of thioether (sulfide) groups is 1. The zero-order valence-electron chi connectivity index (χ0n) is 16.8. The summed E-state index contributed by atoms with van der Waals surface area (Å²) >= 11 is 1.74. The van der Waals surface area contributed by atoms with Crippen molar-refractivity contribution in [1.82, 2.24) is 30.0 Å². The molecule has 1 N–H and O–H groups in total. The van der Waals surface area contributed by atoms with Crippen LogP contribution in [-0.4, -0.2) is 30.0 Å². The lowest BCUT2D eigenvalue weighted by Gasteiger charge is -2.13. The van der Waals surface area contributed by atoms with Crippen molar-refractivity contribution in [3.63, 3.8) is 0 Å². The van der Waals surface area contributed by atoms with Gasteiger partial charge in [-0.05, 0) is 84.6 Å². The van der Waals surface area contributed by atoms with Crippen molar-refractivity contribution in [2.75, 3.05) is 0 Å². The van der Waals surface area contributed by atoms with Crippen LogP contribution < -0.4 is 5.69 Å². The molecule has 8 heteroatoms. The second-order valence-corrected chi connectivity index (χ2v) is 8.09. The fourth-order valence-electron chi connectivity index (χ4n) is 3.19. The number of hydrogen-bond donors (Lipinski definition) is 1. The van der Waals surface area contributed by atoms with Crippen molar-refractivity contribution >= 4 is 11.8 Å². The van der Waals surface area contributed by atoms with Gasteiger partial charge in [-0.25, -0.2) is 14.6 Å². The molecule has 2 aromatic heterocycles. The van der Waals surface area contributed by atoms with E-state index < -0.39 is 0 Å². The number of benzene rings is 2. The van der Waals surface area contributed by atoms with Crippen LogP contribution in [0.4, 0.5) is 0 Å². The Balaban J connectivity index is 1.60. The number of aromatic amines is 1. The fourth-order valence-corrected chi connectivity index (χ4v) is 4.32. The quantitative estimate of drug-likeness (QED) is 0.512. The van der Waals surface area contributed by atoms with Crippen molar-refractivity contribution in [2.45, 2.75) is 38.3 Å². The van der Waals surface area contributed by atoms with Crippen molar-refractivity contribution < 1.29 is 0 Å². The fraction of sp³-hybridized carbons (Fsp3) is 0.238. The second-order valence-electron chi connectivity index (χ2n) is 7.07. The maximum absolute atomic E-state index is 12.0. The lowest BCUT2D eigenvalue weighted by molar-refractivity contribution is 0.774. The van der Waals surface area contributed by atoms with Crippen LogP contribution in [0.25, 0.3) is 11.4 Å². The van der Waals surface area contributed by atoms with Gasteiger partial charge in [-0.3, -0.25) is 0 Å². The monoisotopic (exact) mass is 406 g/mol. The van der Waals surface area contributed by atoms with E-state index in [-0.39, 0.29) is 5.69 Å². The molecule has 0 aliphatic carbocycles. The van der Waals surface area contributed by atoms with Crippen LogP contribution >= 0.6 is 11.8 Å². The Morgan fingerprint density at radius 1 is 1.03 bits per heavy atom. The molecule has 0 aliphatic heterocycles. The normalized spacial score (nSPS) is 11.2. The van der Waals surface area contributed by atoms with Gasteiger partial charge in [-0.1, -0.05) is 12.1 Å². The molecule has 2 heterocycles. The van der Waals surface area contributed by atoms with E-state index in [0.29, 0.717) is 0 Å². The predicted molar refractivity (Wildman–Crippen MR) is 114 cm³/mol. The van der Waals surface area contributed by atoms with E-state index in [4.69, 9.17) is 0 Å². The van der Waals surface area contributed by atoms with Crippen molar-refractivity contribution in [3.8, 4) is 11.4 Å². The third-order valence-corrected chi connectivity index (χ3v) is 6.23. The molecular formula is C21H22N6OS. The smallest absolute Gasteiger partial charge is 0.244 e. The van der Waals surface area contributed by atoms with Crippen LogP contribution in [0.1, 0.15) is 27.9 Å². The van der Waals surface area contributed by atoms with Crippen LogP contribution in [-0.2, 0) is 5.75 Å². The van der Waals surface area contributed by atoms with E-state index >= 15 is 0 Å². The van der Waals surface area contributed by atoms with Gasteiger partial charge in [0.1, 0.15) is 0 Å². The molecule has 0 aliphatic rings. The molecule has 0 saturated heterocycles. The van der Waals surface area contributed by atoms with E-state index in [2.05, 4.69) is 52.7 Å². The van der Waals surface area contributed by atoms with Gasteiger partial charge in [0.25, 0.3) is 0 Å². The van der Waals surface area contributed by atoms with Gasteiger partial charge >= 0.3 is 5.69 Å². The summed E-state index contributed by atoms with van der Waals surface area (Å²) in [4.78, 5) is 13.2. The van der Waals surface area contributed by atoms with E-state index in [1.54, 1.807) is 11.8 Å². The molecule has 0 radical (unpaired) electrons. The van der Waals surface area contributed by atoms with Gasteiger partial charge in [-0.2, -0.15) is 9.78 Å². The molecule has 4 rings (SSSR count). The van der Waals surface area contributed by atoms with Gasteiger partial charge in [0.15, 0.2) is 0 Å². The van der Waals surface area contributed by atoms with Crippen LogP contribution in [0.5, 0.6) is 0 Å². The molecule has 0 amide bonds. The summed E-state index contributed by atoms with van der Waals surface area (Å²) in [7, 11) is 0. The lowest BCUT2D eigenvalue weighted by atomic mass is 10.1. The minimum Gasteiger partial charge on any atom is -0.244 e. The number of rotatable bonds is 5. The number of tetrazole rings is 1. The molecule has 0 bridgehead atoms. The Labute approximate surface area is 172 Å². The first-order valence-corrected chi connectivity index (χ1v) is 10.3. The third kappa shape index (κ3) is 3.75. The van der Waals surface area contributed by atoms with Gasteiger partial charge in [0.2, 0.25) is 0 Å². The summed E-state index contributed by atoms with van der Waals surface area (Å²) in [6.45, 7) is 8.23. The molecule has 0 spiro atoms. The minimum atomic E-state index is -0.341. The maximum Gasteiger partial charge on any atom is 0.365 e. The molecule has 29 heavy (non-hydrogen) atoms. The zero-order valence-corrected chi connectivity index (χ0v) is 17.6. The number of nitrogens with one attached hydrogen (secondary N) is 1. The van der Waals surface area contributed by atoms with Gasteiger partial charge < -0.3 is 0 Å². The Kier molecular flexibility index (Phi) is 5.10. The van der Waals surface area contributed by atoms with Crippen LogP contribution in [0.15, 0.2) is 52.3 Å². The Morgan fingerprint density at radius 2 is 1.86 bits per heavy atom. The highest BCUT2D eigenvalue weighted by atomic mass is 32.2. The highest BCUT2D eigenvalue weighted by Crippen LogP contribution is 2.30. The Bertz CT molecular complexity index is 1220. The number of hydrogen-bond acceptors (Lipinski definition) is 5. The largest absolute Gasteiger partial charge is 0.365 e. The predicted octanol–water partition coefficient (Wildman–Crippen LogP) is 3.67. The first-order chi connectivity index (χ1) is 13.9. The molecule has 0 fully saturated rings. The lowest BCUT2D eigenvalue weighted by Crippen LogP contribution is -2.17. The molecule has 0 atom stereocenters. The van der Waals surface area contributed by atoms with Gasteiger partial charge in [0.05, 0.1) is 17.1 Å². The average molecular weight is 407 g/mol. The number of aryl methyl sites for hydroxylation is 4. The molecule has 7 nitrogen and oxygen atoms in total. The summed E-state index contributed by atoms with van der Waals surface area (Å²) in [6.07, 6.45) is 2.05. The molecular weight excluding hydrogens is 384 g/mol. The molecule has 0 unspecified atom stereocenters. The molecule has 148 valence electrons. The first kappa shape index (κ1) is 19.2. The maximum atomic E-state index is 12.0. The minimum absolute atomic E-state index is 0.341. The van der Waals surface area contributed by atoms with E-state index in [9.17, 15) is 4.79 Å². The van der Waals surface area contributed by atoms with E-state index in [1.807, 2.05) is 42.9 Å². The van der Waals surface area contributed by atoms with Crippen molar-refractivity contribution in [2.24, 2.45) is 0 Å². The average Bonchev–Trinajstić information content (AvgIpc) is 3.26. The van der Waals surface area contributed by atoms with Crippen LogP contribution in [0.3, 0.4) is 0 Å².